The monoisotopic (exact) mass is 243 g/mol. The summed E-state index contributed by atoms with van der Waals surface area (Å²) in [5.41, 5.74) is 0. The van der Waals surface area contributed by atoms with Crippen LogP contribution in [0.4, 0.5) is 0 Å². The molecule has 1 aliphatic heterocycles. The molecule has 1 rings (SSSR count). The molecule has 2 atom stereocenters. The van der Waals surface area contributed by atoms with Crippen LogP contribution in [0.2, 0.25) is 0 Å². The molecule has 0 aromatic rings. The van der Waals surface area contributed by atoms with Crippen LogP contribution in [0.25, 0.3) is 0 Å². The molecule has 17 heavy (non-hydrogen) atoms. The number of nitrogens with one attached hydrogen (secondary N) is 1. The molecular weight excluding hydrogens is 214 g/mol. The summed E-state index contributed by atoms with van der Waals surface area (Å²) in [5, 5.41) is 3.46. The summed E-state index contributed by atoms with van der Waals surface area (Å²) in [7, 11) is 0. The third-order valence-corrected chi connectivity index (χ3v) is 3.17. The molecule has 1 N–H and O–H groups in total. The fraction of sp³-hybridized carbons (Fsp3) is 1.00. The van der Waals surface area contributed by atoms with Crippen LogP contribution in [0.1, 0.15) is 46.5 Å². The van der Waals surface area contributed by atoms with Gasteiger partial charge in [-0.2, -0.15) is 0 Å². The third-order valence-electron chi connectivity index (χ3n) is 3.17. The zero-order valence-corrected chi connectivity index (χ0v) is 11.7. The normalized spacial score (nSPS) is 22.9. The van der Waals surface area contributed by atoms with Gasteiger partial charge in [-0.05, 0) is 38.1 Å². The van der Waals surface area contributed by atoms with Crippen molar-refractivity contribution < 1.29 is 9.47 Å². The van der Waals surface area contributed by atoms with Crippen LogP contribution < -0.4 is 5.32 Å². The molecule has 0 spiro atoms. The highest BCUT2D eigenvalue weighted by molar-refractivity contribution is 4.66. The van der Waals surface area contributed by atoms with Gasteiger partial charge in [0.05, 0.1) is 18.8 Å². The van der Waals surface area contributed by atoms with E-state index in [1.165, 1.54) is 12.8 Å². The Kier molecular flexibility index (Phi) is 7.82. The molecule has 3 heteroatoms. The number of hydrogen-bond acceptors (Lipinski definition) is 3. The topological polar surface area (TPSA) is 30.5 Å². The number of rotatable bonds is 8. The molecule has 0 saturated carbocycles. The Bertz CT molecular complexity index is 179. The van der Waals surface area contributed by atoms with Crippen LogP contribution in [0.15, 0.2) is 0 Å². The highest BCUT2D eigenvalue weighted by Crippen LogP contribution is 2.13. The van der Waals surface area contributed by atoms with Gasteiger partial charge in [-0.1, -0.05) is 20.8 Å². The fourth-order valence-electron chi connectivity index (χ4n) is 2.04. The SMILES string of the molecule is CCC(CNCC(C)C)OCC1CCCCO1. The lowest BCUT2D eigenvalue weighted by Gasteiger charge is -2.25. The highest BCUT2D eigenvalue weighted by atomic mass is 16.5. The summed E-state index contributed by atoms with van der Waals surface area (Å²) in [5.74, 6) is 0.703. The first kappa shape index (κ1) is 14.9. The number of ether oxygens (including phenoxy) is 2. The summed E-state index contributed by atoms with van der Waals surface area (Å²) < 4.78 is 11.6. The molecule has 0 bridgehead atoms. The second-order valence-electron chi connectivity index (χ2n) is 5.40. The van der Waals surface area contributed by atoms with E-state index in [1.807, 2.05) is 0 Å². The van der Waals surface area contributed by atoms with E-state index in [0.717, 1.165) is 39.1 Å². The van der Waals surface area contributed by atoms with Gasteiger partial charge in [0, 0.05) is 13.2 Å². The van der Waals surface area contributed by atoms with Crippen molar-refractivity contribution in [2.24, 2.45) is 5.92 Å². The van der Waals surface area contributed by atoms with Crippen LogP contribution in [0.3, 0.4) is 0 Å². The lowest BCUT2D eigenvalue weighted by Crippen LogP contribution is -2.34. The molecule has 1 aliphatic rings. The summed E-state index contributed by atoms with van der Waals surface area (Å²) >= 11 is 0. The Labute approximate surface area is 106 Å². The van der Waals surface area contributed by atoms with Gasteiger partial charge in [0.25, 0.3) is 0 Å². The van der Waals surface area contributed by atoms with E-state index in [4.69, 9.17) is 9.47 Å². The van der Waals surface area contributed by atoms with Crippen molar-refractivity contribution in [1.29, 1.82) is 0 Å². The predicted octanol–water partition coefficient (Wildman–Crippen LogP) is 2.60. The van der Waals surface area contributed by atoms with Crippen LogP contribution in [0, 0.1) is 5.92 Å². The average Bonchev–Trinajstić information content (AvgIpc) is 2.34. The second-order valence-corrected chi connectivity index (χ2v) is 5.40. The van der Waals surface area contributed by atoms with E-state index in [0.29, 0.717) is 18.1 Å². The minimum absolute atomic E-state index is 0.333. The Balaban J connectivity index is 2.08. The zero-order valence-electron chi connectivity index (χ0n) is 11.7. The Hall–Kier alpha value is -0.120. The van der Waals surface area contributed by atoms with Gasteiger partial charge in [0.1, 0.15) is 0 Å². The maximum atomic E-state index is 5.93. The van der Waals surface area contributed by atoms with E-state index in [-0.39, 0.29) is 0 Å². The first-order valence-corrected chi connectivity index (χ1v) is 7.16. The molecule has 1 heterocycles. The van der Waals surface area contributed by atoms with Crippen molar-refractivity contribution in [2.45, 2.75) is 58.7 Å². The molecule has 2 unspecified atom stereocenters. The summed E-state index contributed by atoms with van der Waals surface area (Å²) in [6.45, 7) is 10.3. The van der Waals surface area contributed by atoms with Gasteiger partial charge < -0.3 is 14.8 Å². The van der Waals surface area contributed by atoms with Crippen molar-refractivity contribution in [1.82, 2.24) is 5.32 Å². The van der Waals surface area contributed by atoms with Crippen LogP contribution in [-0.4, -0.2) is 38.5 Å². The molecule has 0 radical (unpaired) electrons. The van der Waals surface area contributed by atoms with E-state index >= 15 is 0 Å². The van der Waals surface area contributed by atoms with Crippen molar-refractivity contribution in [3.05, 3.63) is 0 Å². The number of hydrogen-bond donors (Lipinski definition) is 1. The largest absolute Gasteiger partial charge is 0.376 e. The fourth-order valence-corrected chi connectivity index (χ4v) is 2.04. The van der Waals surface area contributed by atoms with Gasteiger partial charge in [-0.3, -0.25) is 0 Å². The molecule has 102 valence electrons. The van der Waals surface area contributed by atoms with Gasteiger partial charge in [0.2, 0.25) is 0 Å². The molecule has 1 saturated heterocycles. The molecule has 1 fully saturated rings. The van der Waals surface area contributed by atoms with Gasteiger partial charge in [-0.25, -0.2) is 0 Å². The Morgan fingerprint density at radius 1 is 1.29 bits per heavy atom. The molecular formula is C14H29NO2. The summed E-state index contributed by atoms with van der Waals surface area (Å²) in [6, 6.07) is 0. The average molecular weight is 243 g/mol. The first-order chi connectivity index (χ1) is 8.22. The third kappa shape index (κ3) is 7.02. The lowest BCUT2D eigenvalue weighted by molar-refractivity contribution is -0.0629. The van der Waals surface area contributed by atoms with E-state index in [2.05, 4.69) is 26.1 Å². The van der Waals surface area contributed by atoms with Gasteiger partial charge in [0.15, 0.2) is 0 Å². The van der Waals surface area contributed by atoms with Crippen molar-refractivity contribution >= 4 is 0 Å². The predicted molar refractivity (Wildman–Crippen MR) is 71.3 cm³/mol. The molecule has 0 aromatic carbocycles. The molecule has 0 amide bonds. The maximum absolute atomic E-state index is 5.93. The zero-order chi connectivity index (χ0) is 12.5. The summed E-state index contributed by atoms with van der Waals surface area (Å²) in [4.78, 5) is 0. The Morgan fingerprint density at radius 3 is 2.71 bits per heavy atom. The summed E-state index contributed by atoms with van der Waals surface area (Å²) in [6.07, 6.45) is 5.40. The highest BCUT2D eigenvalue weighted by Gasteiger charge is 2.16. The van der Waals surface area contributed by atoms with Gasteiger partial charge in [-0.15, -0.1) is 0 Å². The minimum Gasteiger partial charge on any atom is -0.376 e. The molecule has 3 nitrogen and oxygen atoms in total. The molecule has 0 aromatic heterocycles. The lowest BCUT2D eigenvalue weighted by atomic mass is 10.1. The molecule has 0 aliphatic carbocycles. The standard InChI is InChI=1S/C14H29NO2/c1-4-13(10-15-9-12(2)3)17-11-14-7-5-6-8-16-14/h12-15H,4-11H2,1-3H3. The van der Waals surface area contributed by atoms with E-state index in [9.17, 15) is 0 Å². The van der Waals surface area contributed by atoms with Crippen LogP contribution in [0.5, 0.6) is 0 Å². The first-order valence-electron chi connectivity index (χ1n) is 7.16. The smallest absolute Gasteiger partial charge is 0.0808 e. The van der Waals surface area contributed by atoms with E-state index < -0.39 is 0 Å². The maximum Gasteiger partial charge on any atom is 0.0808 e. The second kappa shape index (κ2) is 8.90. The quantitative estimate of drug-likeness (QED) is 0.711. The minimum atomic E-state index is 0.333. The van der Waals surface area contributed by atoms with E-state index in [1.54, 1.807) is 0 Å². The van der Waals surface area contributed by atoms with Crippen molar-refractivity contribution in [3.8, 4) is 0 Å². The van der Waals surface area contributed by atoms with Crippen molar-refractivity contribution in [2.75, 3.05) is 26.3 Å². The van der Waals surface area contributed by atoms with Crippen LogP contribution >= 0.6 is 0 Å². The van der Waals surface area contributed by atoms with Gasteiger partial charge >= 0.3 is 0 Å². The van der Waals surface area contributed by atoms with Crippen LogP contribution in [-0.2, 0) is 9.47 Å². The van der Waals surface area contributed by atoms with Crippen molar-refractivity contribution in [3.63, 3.8) is 0 Å². The Morgan fingerprint density at radius 2 is 2.12 bits per heavy atom.